The molecule has 6 heterocycles. The van der Waals surface area contributed by atoms with Crippen LogP contribution in [0.1, 0.15) is 0 Å². The van der Waals surface area contributed by atoms with Crippen LogP contribution in [0.15, 0.2) is 406 Å². The lowest BCUT2D eigenvalue weighted by Gasteiger charge is -2.12. The van der Waals surface area contributed by atoms with E-state index >= 15 is 0 Å². The van der Waals surface area contributed by atoms with Crippen molar-refractivity contribution in [3.8, 4) is 113 Å². The van der Waals surface area contributed by atoms with Crippen molar-refractivity contribution in [2.24, 2.45) is 0 Å². The molecule has 112 heavy (non-hydrogen) atoms. The average Bonchev–Trinajstić information content (AvgIpc) is 1.58. The molecule has 9 nitrogen and oxygen atoms in total. The molecule has 0 N–H and O–H groups in total. The third kappa shape index (κ3) is 11.4. The van der Waals surface area contributed by atoms with Crippen molar-refractivity contribution < 1.29 is 0 Å². The van der Waals surface area contributed by atoms with Gasteiger partial charge in [-0.2, -0.15) is 0 Å². The van der Waals surface area contributed by atoms with Crippen LogP contribution in [-0.4, -0.2) is 43.2 Å². The van der Waals surface area contributed by atoms with E-state index in [4.69, 9.17) is 24.9 Å². The molecule has 0 unspecified atom stereocenters. The Kier molecular flexibility index (Phi) is 16.0. The zero-order valence-electron chi connectivity index (χ0n) is 60.7. The van der Waals surface area contributed by atoms with E-state index in [0.717, 1.165) is 78.6 Å². The van der Waals surface area contributed by atoms with Crippen molar-refractivity contribution in [3.05, 3.63) is 406 Å². The summed E-state index contributed by atoms with van der Waals surface area (Å²) in [5, 5.41) is 9.87. The van der Waals surface area contributed by atoms with Crippen LogP contribution in [0.5, 0.6) is 0 Å². The standard InChI is InChI=1S/C52H34N4.C51H33N5/c1-4-15-35(16-5-1)45-34-46(54-52(53-45)37-17-6-2-7-18-37)36-27-30-40(31-28-36)55-48-25-13-11-22-44(48)51-41(23-14-26-49(51)55)38-29-32-43-42-21-10-12-24-47(42)56(50(43)33-38)39-19-8-3-9-20-39;1-4-16-34(17-5-1)49-52-50(35-18-6-2-7-19-35)54-51(53-49)37-20-14-23-39(32-37)56-45-28-13-11-25-43(45)48-40(26-15-29-46(48)56)36-30-31-42-41-24-10-12-27-44(41)55(47(42)33-36)38-21-8-3-9-22-38/h1-34H;1-33H. The Hall–Kier alpha value is -15.2. The summed E-state index contributed by atoms with van der Waals surface area (Å²) in [6.45, 7) is 0. The van der Waals surface area contributed by atoms with Crippen LogP contribution >= 0.6 is 0 Å². The number of fused-ring (bicyclic) bond motifs is 12. The van der Waals surface area contributed by atoms with E-state index in [2.05, 4.69) is 328 Å². The average molecular weight is 1430 g/mol. The largest absolute Gasteiger partial charge is 0.309 e. The van der Waals surface area contributed by atoms with Crippen LogP contribution in [-0.2, 0) is 0 Å². The monoisotopic (exact) mass is 1430 g/mol. The first-order valence-corrected chi connectivity index (χ1v) is 37.9. The van der Waals surface area contributed by atoms with Crippen molar-refractivity contribution in [1.29, 1.82) is 0 Å². The highest BCUT2D eigenvalue weighted by Gasteiger charge is 2.23. The quantitative estimate of drug-likeness (QED) is 0.122. The molecule has 0 aliphatic heterocycles. The van der Waals surface area contributed by atoms with Gasteiger partial charge in [-0.1, -0.05) is 303 Å². The smallest absolute Gasteiger partial charge is 0.164 e. The molecule has 0 radical (unpaired) electrons. The van der Waals surface area contributed by atoms with Crippen molar-refractivity contribution in [3.63, 3.8) is 0 Å². The molecule has 9 heteroatoms. The Labute approximate surface area is 645 Å². The van der Waals surface area contributed by atoms with E-state index in [-0.39, 0.29) is 0 Å². The summed E-state index contributed by atoms with van der Waals surface area (Å²) in [6.07, 6.45) is 0. The van der Waals surface area contributed by atoms with Gasteiger partial charge in [0.2, 0.25) is 0 Å². The zero-order chi connectivity index (χ0) is 74.0. The van der Waals surface area contributed by atoms with E-state index in [1.807, 2.05) is 97.1 Å². The van der Waals surface area contributed by atoms with E-state index in [0.29, 0.717) is 23.3 Å². The Morgan fingerprint density at radius 1 is 0.152 bits per heavy atom. The number of aromatic nitrogens is 9. The molecule has 6 aromatic heterocycles. The van der Waals surface area contributed by atoms with Crippen molar-refractivity contribution in [2.45, 2.75) is 0 Å². The van der Waals surface area contributed by atoms with Gasteiger partial charge in [0.25, 0.3) is 0 Å². The third-order valence-corrected chi connectivity index (χ3v) is 21.7. The van der Waals surface area contributed by atoms with Crippen molar-refractivity contribution >= 4 is 87.2 Å². The molecule has 0 bridgehead atoms. The first kappa shape index (κ1) is 65.1. The molecule has 524 valence electrons. The van der Waals surface area contributed by atoms with E-state index in [1.54, 1.807) is 0 Å². The zero-order valence-corrected chi connectivity index (χ0v) is 60.7. The van der Waals surface area contributed by atoms with E-state index < -0.39 is 0 Å². The van der Waals surface area contributed by atoms with Gasteiger partial charge in [0, 0.05) is 99.2 Å². The van der Waals surface area contributed by atoms with Crippen LogP contribution in [0, 0.1) is 0 Å². The van der Waals surface area contributed by atoms with Gasteiger partial charge in [0.05, 0.1) is 55.5 Å². The number of benzene rings is 16. The molecule has 0 saturated heterocycles. The van der Waals surface area contributed by atoms with Gasteiger partial charge in [-0.05, 0) is 125 Å². The molecule has 0 fully saturated rings. The third-order valence-electron chi connectivity index (χ3n) is 21.7. The van der Waals surface area contributed by atoms with Crippen molar-refractivity contribution in [1.82, 2.24) is 43.2 Å². The molecule has 0 saturated carbocycles. The lowest BCUT2D eigenvalue weighted by molar-refractivity contribution is 1.07. The van der Waals surface area contributed by atoms with Crippen LogP contribution in [0.2, 0.25) is 0 Å². The molecule has 0 spiro atoms. The van der Waals surface area contributed by atoms with Gasteiger partial charge in [0.1, 0.15) is 0 Å². The van der Waals surface area contributed by atoms with Crippen molar-refractivity contribution in [2.75, 3.05) is 0 Å². The molecule has 22 aromatic rings. The van der Waals surface area contributed by atoms with Crippen LogP contribution < -0.4 is 0 Å². The maximum atomic E-state index is 5.08. The van der Waals surface area contributed by atoms with Crippen LogP contribution in [0.4, 0.5) is 0 Å². The van der Waals surface area contributed by atoms with Crippen LogP contribution in [0.3, 0.4) is 0 Å². The van der Waals surface area contributed by atoms with E-state index in [1.165, 1.54) is 98.4 Å². The second-order valence-corrected chi connectivity index (χ2v) is 28.3. The Balaban J connectivity index is 0.000000141. The Bertz CT molecular complexity index is 7220. The van der Waals surface area contributed by atoms with E-state index in [9.17, 15) is 0 Å². The molecular weight excluding hydrogens is 1360 g/mol. The summed E-state index contributed by atoms with van der Waals surface area (Å²) in [6, 6.07) is 144. The maximum Gasteiger partial charge on any atom is 0.164 e. The fourth-order valence-electron chi connectivity index (χ4n) is 16.6. The van der Waals surface area contributed by atoms with Gasteiger partial charge in [-0.3, -0.25) is 0 Å². The summed E-state index contributed by atoms with van der Waals surface area (Å²) in [4.78, 5) is 25.1. The lowest BCUT2D eigenvalue weighted by atomic mass is 9.98. The number of para-hydroxylation sites is 6. The Morgan fingerprint density at radius 2 is 0.438 bits per heavy atom. The highest BCUT2D eigenvalue weighted by atomic mass is 15.0. The molecule has 0 aliphatic carbocycles. The minimum atomic E-state index is 0.628. The van der Waals surface area contributed by atoms with Gasteiger partial charge in [0.15, 0.2) is 23.3 Å². The fourth-order valence-corrected chi connectivity index (χ4v) is 16.6. The topological polar surface area (TPSA) is 84.2 Å². The highest BCUT2D eigenvalue weighted by Crippen LogP contribution is 2.45. The molecule has 0 atom stereocenters. The van der Waals surface area contributed by atoms with Gasteiger partial charge >= 0.3 is 0 Å². The first-order chi connectivity index (χ1) is 55.6. The van der Waals surface area contributed by atoms with Crippen LogP contribution in [0.25, 0.3) is 200 Å². The summed E-state index contributed by atoms with van der Waals surface area (Å²) < 4.78 is 9.54. The van der Waals surface area contributed by atoms with Gasteiger partial charge in [-0.25, -0.2) is 24.9 Å². The summed E-state index contributed by atoms with van der Waals surface area (Å²) in [5.41, 5.74) is 26.3. The lowest BCUT2D eigenvalue weighted by Crippen LogP contribution is -2.01. The minimum absolute atomic E-state index is 0.628. The second-order valence-electron chi connectivity index (χ2n) is 28.3. The molecule has 22 rings (SSSR count). The second kappa shape index (κ2) is 27.5. The number of hydrogen-bond acceptors (Lipinski definition) is 5. The number of rotatable bonds is 12. The van der Waals surface area contributed by atoms with Gasteiger partial charge in [-0.15, -0.1) is 0 Å². The molecule has 0 amide bonds. The highest BCUT2D eigenvalue weighted by molar-refractivity contribution is 6.19. The predicted molar refractivity (Wildman–Crippen MR) is 463 cm³/mol. The normalized spacial score (nSPS) is 11.6. The summed E-state index contributed by atoms with van der Waals surface area (Å²) in [5.74, 6) is 2.63. The maximum absolute atomic E-state index is 5.08. The minimum Gasteiger partial charge on any atom is -0.309 e. The number of nitrogens with zero attached hydrogens (tertiary/aromatic N) is 9. The fraction of sp³-hybridized carbons (Fsp3) is 0. The summed E-state index contributed by atoms with van der Waals surface area (Å²) >= 11 is 0. The number of hydrogen-bond donors (Lipinski definition) is 0. The molecule has 16 aromatic carbocycles. The predicted octanol–water partition coefficient (Wildman–Crippen LogP) is 26.1. The summed E-state index contributed by atoms with van der Waals surface area (Å²) in [7, 11) is 0. The first-order valence-electron chi connectivity index (χ1n) is 37.9. The molecule has 0 aliphatic rings. The van der Waals surface area contributed by atoms with Gasteiger partial charge < -0.3 is 18.3 Å². The molecular formula is C103H67N9. The SMILES string of the molecule is c1ccc(-c2cc(-c3ccc(-n4c5ccccc5c5c(-c6ccc7c8ccccc8n(-c8ccccc8)c7c6)cccc54)cc3)nc(-c3ccccc3)n2)cc1.c1ccc(-c2nc(-c3ccccc3)nc(-c3cccc(-n4c5ccccc5c5c(-c6ccc7c8ccccc8n(-c8ccccc8)c7c6)cccc54)c3)n2)cc1. The Morgan fingerprint density at radius 3 is 0.884 bits per heavy atom.